The number of pyridine rings is 1. The van der Waals surface area contributed by atoms with Gasteiger partial charge >= 0.3 is 6.18 Å². The van der Waals surface area contributed by atoms with Crippen molar-refractivity contribution in [3.05, 3.63) is 97.2 Å². The van der Waals surface area contributed by atoms with Crippen LogP contribution in [0.4, 0.5) is 13.2 Å². The van der Waals surface area contributed by atoms with Crippen molar-refractivity contribution < 1.29 is 26.3 Å². The maximum atomic E-state index is 13.5. The lowest BCUT2D eigenvalue weighted by molar-refractivity contribution is -0.136. The van der Waals surface area contributed by atoms with Crippen molar-refractivity contribution in [3.8, 4) is 22.6 Å². The van der Waals surface area contributed by atoms with Gasteiger partial charge in [-0.15, -0.1) is 6.58 Å². The number of halogens is 3. The van der Waals surface area contributed by atoms with Gasteiger partial charge in [0.1, 0.15) is 11.5 Å². The van der Waals surface area contributed by atoms with Crippen LogP contribution in [0.15, 0.2) is 96.5 Å². The molecule has 0 atom stereocenters. The van der Waals surface area contributed by atoms with Gasteiger partial charge in [0.15, 0.2) is 9.84 Å². The third-order valence-electron chi connectivity index (χ3n) is 5.68. The summed E-state index contributed by atoms with van der Waals surface area (Å²) in [5.41, 5.74) is 0.285. The van der Waals surface area contributed by atoms with Crippen molar-refractivity contribution in [3.63, 3.8) is 0 Å². The lowest BCUT2D eigenvalue weighted by Gasteiger charge is -2.13. The lowest BCUT2D eigenvalue weighted by atomic mass is 9.99. The topological polar surface area (TPSA) is 68.3 Å². The van der Waals surface area contributed by atoms with Crippen LogP contribution in [0.3, 0.4) is 0 Å². The highest BCUT2D eigenvalue weighted by Gasteiger charge is 2.33. The molecule has 0 aliphatic rings. The van der Waals surface area contributed by atoms with Crippen molar-refractivity contribution in [2.24, 2.45) is 0 Å². The van der Waals surface area contributed by atoms with Crippen molar-refractivity contribution in [1.29, 1.82) is 0 Å². The van der Waals surface area contributed by atoms with E-state index in [1.54, 1.807) is 54.6 Å². The zero-order chi connectivity index (χ0) is 26.5. The van der Waals surface area contributed by atoms with Gasteiger partial charge < -0.3 is 10.1 Å². The Morgan fingerprint density at radius 1 is 0.973 bits per heavy atom. The summed E-state index contributed by atoms with van der Waals surface area (Å²) in [5.74, 6) is 0.741. The maximum Gasteiger partial charge on any atom is 0.418 e. The molecule has 1 heterocycles. The van der Waals surface area contributed by atoms with Gasteiger partial charge in [-0.3, -0.25) is 4.98 Å². The van der Waals surface area contributed by atoms with E-state index in [-0.39, 0.29) is 16.2 Å². The van der Waals surface area contributed by atoms with Crippen LogP contribution in [0.25, 0.3) is 22.0 Å². The first-order valence-corrected chi connectivity index (χ1v) is 13.2. The van der Waals surface area contributed by atoms with Crippen molar-refractivity contribution in [2.45, 2.75) is 17.5 Å². The lowest BCUT2D eigenvalue weighted by Crippen LogP contribution is -2.18. The minimum atomic E-state index is -4.52. The first-order valence-electron chi connectivity index (χ1n) is 11.6. The predicted octanol–water partition coefficient (Wildman–Crippen LogP) is 6.65. The Hall–Kier alpha value is -3.69. The zero-order valence-electron chi connectivity index (χ0n) is 19.8. The molecule has 0 amide bonds. The number of fused-ring (bicyclic) bond motifs is 1. The number of rotatable bonds is 10. The van der Waals surface area contributed by atoms with E-state index >= 15 is 0 Å². The number of hydrogen-bond donors (Lipinski definition) is 1. The second-order valence-electron chi connectivity index (χ2n) is 8.33. The van der Waals surface area contributed by atoms with Crippen LogP contribution >= 0.6 is 0 Å². The van der Waals surface area contributed by atoms with Crippen molar-refractivity contribution in [1.82, 2.24) is 10.3 Å². The monoisotopic (exact) mass is 526 g/mol. The Bertz CT molecular complexity index is 1520. The van der Waals surface area contributed by atoms with Crippen LogP contribution < -0.4 is 10.1 Å². The van der Waals surface area contributed by atoms with Gasteiger partial charge in [0.05, 0.1) is 21.7 Å². The SMILES string of the molecule is C=CCNCCCS(=O)(=O)c1cccc(Oc2cccc(-c3ccnc4c(C(F)(F)F)cccc34)c2)c1. The highest BCUT2D eigenvalue weighted by Crippen LogP contribution is 2.37. The standard InChI is InChI=1S/C28H25F3N2O3S/c1-2-14-32-15-6-17-37(34,35)23-10-4-9-22(19-23)36-21-8-3-7-20(18-21)24-13-16-33-27-25(24)11-5-12-26(27)28(29,30)31/h2-5,7-13,16,18-19,32H,1,6,14-15,17H2. The van der Waals surface area contributed by atoms with Gasteiger partial charge in [-0.2, -0.15) is 13.2 Å². The molecule has 0 bridgehead atoms. The van der Waals surface area contributed by atoms with Crippen molar-refractivity contribution in [2.75, 3.05) is 18.8 Å². The Balaban J connectivity index is 1.58. The number of benzene rings is 3. The highest BCUT2D eigenvalue weighted by molar-refractivity contribution is 7.91. The van der Waals surface area contributed by atoms with Gasteiger partial charge in [0, 0.05) is 18.1 Å². The molecule has 4 rings (SSSR count). The molecule has 37 heavy (non-hydrogen) atoms. The van der Waals surface area contributed by atoms with E-state index in [0.29, 0.717) is 47.5 Å². The molecular weight excluding hydrogens is 501 g/mol. The Morgan fingerprint density at radius 2 is 1.70 bits per heavy atom. The molecule has 5 nitrogen and oxygen atoms in total. The molecule has 0 unspecified atom stereocenters. The second-order valence-corrected chi connectivity index (χ2v) is 10.4. The second kappa shape index (κ2) is 11.1. The molecule has 0 radical (unpaired) electrons. The number of hydrogen-bond acceptors (Lipinski definition) is 5. The summed E-state index contributed by atoms with van der Waals surface area (Å²) in [6, 6.07) is 18.8. The van der Waals surface area contributed by atoms with E-state index in [4.69, 9.17) is 4.74 Å². The van der Waals surface area contributed by atoms with Crippen LogP contribution in [-0.2, 0) is 16.0 Å². The molecule has 0 fully saturated rings. The van der Waals surface area contributed by atoms with Crippen LogP contribution in [0.2, 0.25) is 0 Å². The number of nitrogens with one attached hydrogen (secondary N) is 1. The molecule has 0 saturated carbocycles. The molecule has 0 aliphatic heterocycles. The van der Waals surface area contributed by atoms with Gasteiger partial charge in [-0.1, -0.05) is 36.4 Å². The van der Waals surface area contributed by atoms with E-state index in [2.05, 4.69) is 16.9 Å². The number of para-hydroxylation sites is 1. The quantitative estimate of drug-likeness (QED) is 0.185. The Labute approximate surface area is 213 Å². The summed E-state index contributed by atoms with van der Waals surface area (Å²) < 4.78 is 71.9. The van der Waals surface area contributed by atoms with Gasteiger partial charge in [0.25, 0.3) is 0 Å². The highest BCUT2D eigenvalue weighted by atomic mass is 32.2. The van der Waals surface area contributed by atoms with Gasteiger partial charge in [-0.25, -0.2) is 8.42 Å². The number of alkyl halides is 3. The molecule has 4 aromatic rings. The third-order valence-corrected chi connectivity index (χ3v) is 7.48. The number of aromatic nitrogens is 1. The average Bonchev–Trinajstić information content (AvgIpc) is 2.87. The maximum absolute atomic E-state index is 13.5. The number of nitrogens with zero attached hydrogens (tertiary/aromatic N) is 1. The van der Waals surface area contributed by atoms with E-state index in [9.17, 15) is 21.6 Å². The number of ether oxygens (including phenoxy) is 1. The molecule has 0 saturated heterocycles. The fraction of sp³-hybridized carbons (Fsp3) is 0.179. The summed E-state index contributed by atoms with van der Waals surface area (Å²) in [7, 11) is -3.50. The predicted molar refractivity (Wildman–Crippen MR) is 138 cm³/mol. The number of sulfone groups is 1. The van der Waals surface area contributed by atoms with E-state index in [0.717, 1.165) is 6.07 Å². The van der Waals surface area contributed by atoms with Gasteiger partial charge in [0.2, 0.25) is 0 Å². The first-order chi connectivity index (χ1) is 17.7. The molecular formula is C28H25F3N2O3S. The fourth-order valence-corrected chi connectivity index (χ4v) is 5.30. The summed E-state index contributed by atoms with van der Waals surface area (Å²) in [6.45, 7) is 4.78. The smallest absolute Gasteiger partial charge is 0.418 e. The molecule has 9 heteroatoms. The summed E-state index contributed by atoms with van der Waals surface area (Å²) in [5, 5.41) is 3.44. The van der Waals surface area contributed by atoms with Crippen LogP contribution in [0, 0.1) is 0 Å². The van der Waals surface area contributed by atoms with Gasteiger partial charge in [-0.05, 0) is 66.6 Å². The summed E-state index contributed by atoms with van der Waals surface area (Å²) in [6.07, 6.45) is -1.01. The molecule has 3 aromatic carbocycles. The Morgan fingerprint density at radius 3 is 2.46 bits per heavy atom. The fourth-order valence-electron chi connectivity index (χ4n) is 3.96. The third kappa shape index (κ3) is 6.36. The Kier molecular flexibility index (Phi) is 7.94. The van der Waals surface area contributed by atoms with E-state index in [1.165, 1.54) is 24.4 Å². The molecule has 0 spiro atoms. The van der Waals surface area contributed by atoms with Crippen LogP contribution in [0.1, 0.15) is 12.0 Å². The normalized spacial score (nSPS) is 12.0. The molecule has 1 aromatic heterocycles. The largest absolute Gasteiger partial charge is 0.457 e. The minimum absolute atomic E-state index is 0.00882. The van der Waals surface area contributed by atoms with E-state index in [1.807, 2.05) is 0 Å². The molecule has 0 aliphatic carbocycles. The van der Waals surface area contributed by atoms with Crippen molar-refractivity contribution >= 4 is 20.7 Å². The molecule has 1 N–H and O–H groups in total. The molecule has 192 valence electrons. The van der Waals surface area contributed by atoms with E-state index < -0.39 is 21.6 Å². The average molecular weight is 527 g/mol. The first kappa shape index (κ1) is 26.4. The van der Waals surface area contributed by atoms with Crippen LogP contribution in [0.5, 0.6) is 11.5 Å². The minimum Gasteiger partial charge on any atom is -0.457 e. The zero-order valence-corrected chi connectivity index (χ0v) is 20.6. The summed E-state index contributed by atoms with van der Waals surface area (Å²) >= 11 is 0. The summed E-state index contributed by atoms with van der Waals surface area (Å²) in [4.78, 5) is 4.13. The van der Waals surface area contributed by atoms with Crippen LogP contribution in [-0.4, -0.2) is 32.2 Å².